The van der Waals surface area contributed by atoms with E-state index in [0.717, 1.165) is 70.8 Å². The lowest BCUT2D eigenvalue weighted by Gasteiger charge is -2.13. The van der Waals surface area contributed by atoms with Crippen LogP contribution in [-0.2, 0) is 19.0 Å². The molecule has 0 spiro atoms. The lowest BCUT2D eigenvalue weighted by molar-refractivity contribution is -0.140. The summed E-state index contributed by atoms with van der Waals surface area (Å²) in [5, 5.41) is 6.54. The standard InChI is InChI=1S/C17H33N3O4.HI/c1-18-17(19-10-5-3-4-9-16(21)22-2)20-11-7-12-23-14-15-8-6-13-24-15;/h15H,3-14H2,1-2H3,(H2,18,19,20);1H. The first-order valence-electron chi connectivity index (χ1n) is 8.97. The number of unbranched alkanes of at least 4 members (excludes halogenated alkanes) is 2. The summed E-state index contributed by atoms with van der Waals surface area (Å²) < 4.78 is 15.7. The first kappa shape index (κ1) is 24.4. The third-order valence-corrected chi connectivity index (χ3v) is 3.89. The second-order valence-corrected chi connectivity index (χ2v) is 5.88. The smallest absolute Gasteiger partial charge is 0.305 e. The minimum absolute atomic E-state index is 0. The van der Waals surface area contributed by atoms with E-state index in [-0.39, 0.29) is 29.9 Å². The van der Waals surface area contributed by atoms with Crippen LogP contribution in [0.3, 0.4) is 0 Å². The Morgan fingerprint density at radius 1 is 1.20 bits per heavy atom. The second-order valence-electron chi connectivity index (χ2n) is 5.88. The van der Waals surface area contributed by atoms with Crippen LogP contribution < -0.4 is 10.6 Å². The van der Waals surface area contributed by atoms with Crippen molar-refractivity contribution in [3.05, 3.63) is 0 Å². The van der Waals surface area contributed by atoms with Crippen molar-refractivity contribution in [1.29, 1.82) is 0 Å². The number of rotatable bonds is 12. The van der Waals surface area contributed by atoms with Gasteiger partial charge in [-0.2, -0.15) is 0 Å². The van der Waals surface area contributed by atoms with Crippen molar-refractivity contribution in [2.75, 3.05) is 47.1 Å². The average molecular weight is 471 g/mol. The first-order chi connectivity index (χ1) is 11.8. The Kier molecular flexibility index (Phi) is 16.4. The molecule has 0 saturated carbocycles. The van der Waals surface area contributed by atoms with E-state index in [4.69, 9.17) is 9.47 Å². The summed E-state index contributed by atoms with van der Waals surface area (Å²) in [6.45, 7) is 3.99. The Morgan fingerprint density at radius 2 is 1.96 bits per heavy atom. The number of guanidine groups is 1. The van der Waals surface area contributed by atoms with Crippen LogP contribution in [0.5, 0.6) is 0 Å². The summed E-state index contributed by atoms with van der Waals surface area (Å²) in [6, 6.07) is 0. The zero-order chi connectivity index (χ0) is 17.5. The predicted octanol–water partition coefficient (Wildman–Crippen LogP) is 2.09. The number of halogens is 1. The third-order valence-electron chi connectivity index (χ3n) is 3.89. The number of ether oxygens (including phenoxy) is 3. The van der Waals surface area contributed by atoms with E-state index in [0.29, 0.717) is 19.1 Å². The van der Waals surface area contributed by atoms with Gasteiger partial charge in [-0.05, 0) is 32.1 Å². The molecule has 148 valence electrons. The molecule has 0 bridgehead atoms. The molecule has 1 saturated heterocycles. The highest BCUT2D eigenvalue weighted by Crippen LogP contribution is 2.11. The van der Waals surface area contributed by atoms with Crippen LogP contribution in [0.2, 0.25) is 0 Å². The minimum Gasteiger partial charge on any atom is -0.469 e. The SMILES string of the molecule is CN=C(NCCCCCC(=O)OC)NCCCOCC1CCCO1.I. The number of nitrogens with zero attached hydrogens (tertiary/aromatic N) is 1. The van der Waals surface area contributed by atoms with Crippen LogP contribution in [0.1, 0.15) is 44.9 Å². The molecule has 0 amide bonds. The molecule has 1 rings (SSSR count). The van der Waals surface area contributed by atoms with Crippen LogP contribution in [0, 0.1) is 0 Å². The molecular formula is C17H34IN3O4. The zero-order valence-electron chi connectivity index (χ0n) is 15.6. The number of aliphatic imine (C=N–C) groups is 1. The third kappa shape index (κ3) is 13.3. The Labute approximate surface area is 168 Å². The van der Waals surface area contributed by atoms with Gasteiger partial charge in [0.25, 0.3) is 0 Å². The van der Waals surface area contributed by atoms with Crippen LogP contribution in [0.4, 0.5) is 0 Å². The van der Waals surface area contributed by atoms with Gasteiger partial charge < -0.3 is 24.8 Å². The molecule has 0 aromatic carbocycles. The highest BCUT2D eigenvalue weighted by atomic mass is 127. The van der Waals surface area contributed by atoms with E-state index in [1.54, 1.807) is 7.05 Å². The van der Waals surface area contributed by atoms with Gasteiger partial charge in [0, 0.05) is 39.8 Å². The highest BCUT2D eigenvalue weighted by Gasteiger charge is 2.14. The van der Waals surface area contributed by atoms with Gasteiger partial charge in [-0.1, -0.05) is 6.42 Å². The molecule has 1 aliphatic rings. The number of nitrogens with one attached hydrogen (secondary N) is 2. The average Bonchev–Trinajstić information content (AvgIpc) is 3.12. The summed E-state index contributed by atoms with van der Waals surface area (Å²) >= 11 is 0. The van der Waals surface area contributed by atoms with Crippen molar-refractivity contribution in [1.82, 2.24) is 10.6 Å². The molecule has 1 fully saturated rings. The topological polar surface area (TPSA) is 81.2 Å². The molecule has 1 heterocycles. The fraction of sp³-hybridized carbons (Fsp3) is 0.882. The lowest BCUT2D eigenvalue weighted by atomic mass is 10.2. The monoisotopic (exact) mass is 471 g/mol. The van der Waals surface area contributed by atoms with Crippen LogP contribution in [-0.4, -0.2) is 65.1 Å². The fourth-order valence-corrected chi connectivity index (χ4v) is 2.47. The van der Waals surface area contributed by atoms with Crippen molar-refractivity contribution >= 4 is 35.9 Å². The normalized spacial score (nSPS) is 17.0. The summed E-state index contributed by atoms with van der Waals surface area (Å²) in [5.74, 6) is 0.671. The van der Waals surface area contributed by atoms with Crippen molar-refractivity contribution in [2.45, 2.75) is 51.0 Å². The molecular weight excluding hydrogens is 437 g/mol. The Bertz CT molecular complexity index is 364. The maximum atomic E-state index is 11.0. The molecule has 0 radical (unpaired) electrons. The van der Waals surface area contributed by atoms with Gasteiger partial charge in [-0.3, -0.25) is 9.79 Å². The molecule has 1 aliphatic heterocycles. The molecule has 2 N–H and O–H groups in total. The maximum Gasteiger partial charge on any atom is 0.305 e. The molecule has 7 nitrogen and oxygen atoms in total. The lowest BCUT2D eigenvalue weighted by Crippen LogP contribution is -2.38. The zero-order valence-corrected chi connectivity index (χ0v) is 17.9. The van der Waals surface area contributed by atoms with Crippen molar-refractivity contribution in [2.24, 2.45) is 4.99 Å². The van der Waals surface area contributed by atoms with E-state index < -0.39 is 0 Å². The second kappa shape index (κ2) is 16.8. The molecule has 0 aromatic rings. The van der Waals surface area contributed by atoms with Gasteiger partial charge in [-0.15, -0.1) is 24.0 Å². The number of carbonyl (C=O) groups is 1. The van der Waals surface area contributed by atoms with Gasteiger partial charge in [0.2, 0.25) is 0 Å². The number of hydrogen-bond acceptors (Lipinski definition) is 5. The molecule has 8 heteroatoms. The minimum atomic E-state index is -0.137. The van der Waals surface area contributed by atoms with Crippen molar-refractivity contribution in [3.8, 4) is 0 Å². The fourth-order valence-electron chi connectivity index (χ4n) is 2.47. The number of esters is 1. The Balaban J connectivity index is 0.00000576. The molecule has 25 heavy (non-hydrogen) atoms. The van der Waals surface area contributed by atoms with Gasteiger partial charge in [0.1, 0.15) is 0 Å². The van der Waals surface area contributed by atoms with Crippen molar-refractivity contribution in [3.63, 3.8) is 0 Å². The molecule has 1 atom stereocenters. The van der Waals surface area contributed by atoms with Crippen molar-refractivity contribution < 1.29 is 19.0 Å². The first-order valence-corrected chi connectivity index (χ1v) is 8.97. The van der Waals surface area contributed by atoms with Gasteiger partial charge in [-0.25, -0.2) is 0 Å². The van der Waals surface area contributed by atoms with Gasteiger partial charge in [0.05, 0.1) is 19.8 Å². The summed E-state index contributed by atoms with van der Waals surface area (Å²) in [6.07, 6.45) is 6.86. The number of hydrogen-bond donors (Lipinski definition) is 2. The number of carbonyl (C=O) groups excluding carboxylic acids is 1. The molecule has 0 aliphatic carbocycles. The van der Waals surface area contributed by atoms with E-state index in [9.17, 15) is 4.79 Å². The molecule has 1 unspecified atom stereocenters. The van der Waals surface area contributed by atoms with E-state index in [1.165, 1.54) is 7.11 Å². The van der Waals surface area contributed by atoms with E-state index in [2.05, 4.69) is 20.4 Å². The van der Waals surface area contributed by atoms with Gasteiger partial charge >= 0.3 is 5.97 Å². The summed E-state index contributed by atoms with van der Waals surface area (Å²) in [7, 11) is 3.19. The van der Waals surface area contributed by atoms with Gasteiger partial charge in [0.15, 0.2) is 5.96 Å². The largest absolute Gasteiger partial charge is 0.469 e. The van der Waals surface area contributed by atoms with Crippen LogP contribution in [0.15, 0.2) is 4.99 Å². The van der Waals surface area contributed by atoms with Crippen LogP contribution >= 0.6 is 24.0 Å². The van der Waals surface area contributed by atoms with E-state index in [1.807, 2.05) is 0 Å². The summed E-state index contributed by atoms with van der Waals surface area (Å²) in [4.78, 5) is 15.2. The Morgan fingerprint density at radius 3 is 2.60 bits per heavy atom. The molecule has 0 aromatic heterocycles. The Hall–Kier alpha value is -0.610. The summed E-state index contributed by atoms with van der Waals surface area (Å²) in [5.41, 5.74) is 0. The number of methoxy groups -OCH3 is 1. The maximum absolute atomic E-state index is 11.0. The highest BCUT2D eigenvalue weighted by molar-refractivity contribution is 14.0. The predicted molar refractivity (Wildman–Crippen MR) is 110 cm³/mol. The van der Waals surface area contributed by atoms with Crippen LogP contribution in [0.25, 0.3) is 0 Å². The van der Waals surface area contributed by atoms with E-state index >= 15 is 0 Å². The quantitative estimate of drug-likeness (QED) is 0.149.